The first kappa shape index (κ1) is 16.7. The molecule has 0 fully saturated rings. The summed E-state index contributed by atoms with van der Waals surface area (Å²) < 4.78 is 10.6. The molecule has 0 bridgehead atoms. The van der Waals surface area contributed by atoms with E-state index in [1.165, 1.54) is 0 Å². The SMILES string of the molecule is COc1cc(CNCCCC(N)=O)c(SC)cc1OC. The molecule has 0 saturated heterocycles. The predicted octanol–water partition coefficient (Wildman–Crippen LogP) is 1.78. The van der Waals surface area contributed by atoms with E-state index in [1.807, 2.05) is 18.4 Å². The minimum Gasteiger partial charge on any atom is -0.493 e. The number of amides is 1. The number of rotatable bonds is 9. The van der Waals surface area contributed by atoms with Crippen molar-refractivity contribution in [3.63, 3.8) is 0 Å². The summed E-state index contributed by atoms with van der Waals surface area (Å²) in [5.74, 6) is 1.19. The van der Waals surface area contributed by atoms with Crippen molar-refractivity contribution in [1.82, 2.24) is 5.32 Å². The highest BCUT2D eigenvalue weighted by Crippen LogP contribution is 2.34. The van der Waals surface area contributed by atoms with Crippen LogP contribution in [0.5, 0.6) is 11.5 Å². The zero-order valence-electron chi connectivity index (χ0n) is 12.2. The summed E-state index contributed by atoms with van der Waals surface area (Å²) in [6.07, 6.45) is 3.18. The minimum atomic E-state index is -0.261. The van der Waals surface area contributed by atoms with Crippen LogP contribution in [0.25, 0.3) is 0 Å². The molecule has 0 saturated carbocycles. The molecule has 3 N–H and O–H groups in total. The molecule has 1 aromatic rings. The molecule has 1 amide bonds. The lowest BCUT2D eigenvalue weighted by atomic mass is 10.2. The Bertz CT molecular complexity index is 452. The summed E-state index contributed by atoms with van der Waals surface area (Å²) in [5, 5.41) is 3.30. The molecule has 0 aliphatic rings. The van der Waals surface area contributed by atoms with Crippen LogP contribution in [-0.4, -0.2) is 32.9 Å². The average Bonchev–Trinajstić information content (AvgIpc) is 2.45. The van der Waals surface area contributed by atoms with E-state index in [-0.39, 0.29) is 5.91 Å². The van der Waals surface area contributed by atoms with Crippen LogP contribution in [0.4, 0.5) is 0 Å². The molecule has 0 aliphatic carbocycles. The summed E-state index contributed by atoms with van der Waals surface area (Å²) >= 11 is 1.66. The first-order chi connectivity index (χ1) is 9.62. The number of thioether (sulfide) groups is 1. The number of nitrogens with two attached hydrogens (primary N) is 1. The molecule has 0 spiro atoms. The van der Waals surface area contributed by atoms with Gasteiger partial charge in [0.1, 0.15) is 0 Å². The van der Waals surface area contributed by atoms with Gasteiger partial charge in [0.25, 0.3) is 0 Å². The van der Waals surface area contributed by atoms with Gasteiger partial charge in [-0.15, -0.1) is 11.8 Å². The largest absolute Gasteiger partial charge is 0.493 e. The Hall–Kier alpha value is -1.40. The molecule has 5 nitrogen and oxygen atoms in total. The van der Waals surface area contributed by atoms with Crippen LogP contribution in [0, 0.1) is 0 Å². The van der Waals surface area contributed by atoms with Gasteiger partial charge in [0, 0.05) is 17.9 Å². The van der Waals surface area contributed by atoms with Gasteiger partial charge in [0.15, 0.2) is 11.5 Å². The van der Waals surface area contributed by atoms with Gasteiger partial charge in [-0.05, 0) is 36.9 Å². The lowest BCUT2D eigenvalue weighted by Crippen LogP contribution is -2.18. The van der Waals surface area contributed by atoms with Crippen LogP contribution in [0.2, 0.25) is 0 Å². The number of nitrogens with one attached hydrogen (secondary N) is 1. The maximum Gasteiger partial charge on any atom is 0.217 e. The second-order valence-corrected chi connectivity index (χ2v) is 5.11. The predicted molar refractivity (Wildman–Crippen MR) is 81.5 cm³/mol. The monoisotopic (exact) mass is 298 g/mol. The first-order valence-corrected chi connectivity index (χ1v) is 7.62. The second-order valence-electron chi connectivity index (χ2n) is 4.27. The first-order valence-electron chi connectivity index (χ1n) is 6.40. The van der Waals surface area contributed by atoms with E-state index in [0.29, 0.717) is 6.42 Å². The van der Waals surface area contributed by atoms with Crippen LogP contribution < -0.4 is 20.5 Å². The summed E-state index contributed by atoms with van der Waals surface area (Å²) in [7, 11) is 3.25. The van der Waals surface area contributed by atoms with Crippen LogP contribution in [0.1, 0.15) is 18.4 Å². The van der Waals surface area contributed by atoms with Crippen molar-refractivity contribution in [2.75, 3.05) is 27.0 Å². The van der Waals surface area contributed by atoms with Gasteiger partial charge in [-0.25, -0.2) is 0 Å². The topological polar surface area (TPSA) is 73.6 Å². The van der Waals surface area contributed by atoms with Crippen molar-refractivity contribution in [2.24, 2.45) is 5.73 Å². The molecule has 112 valence electrons. The van der Waals surface area contributed by atoms with Crippen molar-refractivity contribution >= 4 is 17.7 Å². The third-order valence-corrected chi connectivity index (χ3v) is 3.70. The summed E-state index contributed by atoms with van der Waals surface area (Å²) in [6, 6.07) is 3.95. The molecule has 0 atom stereocenters. The highest BCUT2D eigenvalue weighted by molar-refractivity contribution is 7.98. The molecule has 0 radical (unpaired) electrons. The molecule has 20 heavy (non-hydrogen) atoms. The normalized spacial score (nSPS) is 10.3. The maximum absolute atomic E-state index is 10.6. The van der Waals surface area contributed by atoms with Crippen molar-refractivity contribution < 1.29 is 14.3 Å². The Morgan fingerprint density at radius 1 is 1.30 bits per heavy atom. The van der Waals surface area contributed by atoms with Crippen molar-refractivity contribution in [3.8, 4) is 11.5 Å². The smallest absolute Gasteiger partial charge is 0.217 e. The number of methoxy groups -OCH3 is 2. The number of primary amides is 1. The van der Waals surface area contributed by atoms with Crippen LogP contribution >= 0.6 is 11.8 Å². The van der Waals surface area contributed by atoms with Crippen molar-refractivity contribution in [1.29, 1.82) is 0 Å². The van der Waals surface area contributed by atoms with Crippen molar-refractivity contribution in [2.45, 2.75) is 24.3 Å². The zero-order chi connectivity index (χ0) is 15.0. The van der Waals surface area contributed by atoms with Gasteiger partial charge >= 0.3 is 0 Å². The Labute approximate surface area is 124 Å². The summed E-state index contributed by atoms with van der Waals surface area (Å²) in [4.78, 5) is 11.8. The fourth-order valence-electron chi connectivity index (χ4n) is 1.84. The standard InChI is InChI=1S/C14H22N2O3S/c1-18-11-7-10(9-16-6-4-5-14(15)17)13(20-3)8-12(11)19-2/h7-8,16H,4-6,9H2,1-3H3,(H2,15,17). The highest BCUT2D eigenvalue weighted by atomic mass is 32.2. The molecular weight excluding hydrogens is 276 g/mol. The van der Waals surface area contributed by atoms with E-state index < -0.39 is 0 Å². The molecule has 6 heteroatoms. The Balaban J connectivity index is 2.66. The third-order valence-electron chi connectivity index (χ3n) is 2.88. The van der Waals surface area contributed by atoms with Gasteiger partial charge in [0.2, 0.25) is 5.91 Å². The molecule has 0 aromatic heterocycles. The zero-order valence-corrected chi connectivity index (χ0v) is 13.0. The van der Waals surface area contributed by atoms with Crippen molar-refractivity contribution in [3.05, 3.63) is 17.7 Å². The van der Waals surface area contributed by atoms with Gasteiger partial charge in [0.05, 0.1) is 14.2 Å². The van der Waals surface area contributed by atoms with Gasteiger partial charge in [-0.1, -0.05) is 0 Å². The Morgan fingerprint density at radius 2 is 1.95 bits per heavy atom. The number of carbonyl (C=O) groups excluding carboxylic acids is 1. The fourth-order valence-corrected chi connectivity index (χ4v) is 2.46. The lowest BCUT2D eigenvalue weighted by molar-refractivity contribution is -0.118. The van der Waals surface area contributed by atoms with Gasteiger partial charge in [-0.2, -0.15) is 0 Å². The molecule has 1 aromatic carbocycles. The number of hydrogen-bond acceptors (Lipinski definition) is 5. The summed E-state index contributed by atoms with van der Waals surface area (Å²) in [6.45, 7) is 1.47. The maximum atomic E-state index is 10.6. The highest BCUT2D eigenvalue weighted by Gasteiger charge is 2.10. The Morgan fingerprint density at radius 3 is 2.50 bits per heavy atom. The van der Waals surface area contributed by atoms with Crippen LogP contribution in [0.3, 0.4) is 0 Å². The minimum absolute atomic E-state index is 0.261. The number of hydrogen-bond donors (Lipinski definition) is 2. The quantitative estimate of drug-likeness (QED) is 0.537. The van der Waals surface area contributed by atoms with Gasteiger partial charge in [-0.3, -0.25) is 4.79 Å². The molecular formula is C14H22N2O3S. The van der Waals surface area contributed by atoms with E-state index in [2.05, 4.69) is 5.32 Å². The van der Waals surface area contributed by atoms with E-state index in [0.717, 1.165) is 41.5 Å². The lowest BCUT2D eigenvalue weighted by Gasteiger charge is -2.14. The summed E-state index contributed by atoms with van der Waals surface area (Å²) in [5.41, 5.74) is 6.25. The molecule has 0 aliphatic heterocycles. The van der Waals surface area contributed by atoms with Crippen LogP contribution in [0.15, 0.2) is 17.0 Å². The number of carbonyl (C=O) groups is 1. The average molecular weight is 298 g/mol. The van der Waals surface area contributed by atoms with Crippen LogP contribution in [-0.2, 0) is 11.3 Å². The molecule has 0 unspecified atom stereocenters. The number of ether oxygens (including phenoxy) is 2. The van der Waals surface area contributed by atoms with E-state index in [9.17, 15) is 4.79 Å². The molecule has 0 heterocycles. The van der Waals surface area contributed by atoms with Gasteiger partial charge < -0.3 is 20.5 Å². The molecule has 1 rings (SSSR count). The third kappa shape index (κ3) is 4.94. The Kier molecular flexibility index (Phi) is 7.25. The van der Waals surface area contributed by atoms with E-state index in [1.54, 1.807) is 26.0 Å². The van der Waals surface area contributed by atoms with E-state index in [4.69, 9.17) is 15.2 Å². The fraction of sp³-hybridized carbons (Fsp3) is 0.500. The van der Waals surface area contributed by atoms with E-state index >= 15 is 0 Å². The number of benzene rings is 1. The second kappa shape index (κ2) is 8.71.